The SMILES string of the molecule is COc1cc(C)c(C(C)NC(=O)NCCCn2cccn2)cc1OC. The molecule has 2 aromatic rings. The highest BCUT2D eigenvalue weighted by Crippen LogP contribution is 2.32. The third-order valence-corrected chi connectivity index (χ3v) is 4.00. The Morgan fingerprint density at radius 1 is 1.28 bits per heavy atom. The maximum absolute atomic E-state index is 12.1. The van der Waals surface area contributed by atoms with Gasteiger partial charge in [0.15, 0.2) is 11.5 Å². The number of hydrogen-bond donors (Lipinski definition) is 2. The molecule has 2 rings (SSSR count). The first-order valence-electron chi connectivity index (χ1n) is 8.29. The molecule has 7 heteroatoms. The monoisotopic (exact) mass is 346 g/mol. The van der Waals surface area contributed by atoms with Crippen LogP contribution in [0.25, 0.3) is 0 Å². The Hall–Kier alpha value is -2.70. The molecule has 0 fully saturated rings. The van der Waals surface area contributed by atoms with Gasteiger partial charge in [0.2, 0.25) is 0 Å². The molecule has 0 spiro atoms. The second-order valence-electron chi connectivity index (χ2n) is 5.81. The highest BCUT2D eigenvalue weighted by atomic mass is 16.5. The number of methoxy groups -OCH3 is 2. The molecule has 1 unspecified atom stereocenters. The highest BCUT2D eigenvalue weighted by Gasteiger charge is 2.15. The van der Waals surface area contributed by atoms with Crippen molar-refractivity contribution in [3.05, 3.63) is 41.7 Å². The molecule has 0 bridgehead atoms. The highest BCUT2D eigenvalue weighted by molar-refractivity contribution is 5.74. The van der Waals surface area contributed by atoms with Crippen molar-refractivity contribution in [2.75, 3.05) is 20.8 Å². The molecule has 7 nitrogen and oxygen atoms in total. The third-order valence-electron chi connectivity index (χ3n) is 4.00. The van der Waals surface area contributed by atoms with Crippen molar-refractivity contribution in [2.24, 2.45) is 0 Å². The Balaban J connectivity index is 1.85. The average Bonchev–Trinajstić information content (AvgIpc) is 3.11. The van der Waals surface area contributed by atoms with Gasteiger partial charge in [-0.15, -0.1) is 0 Å². The molecule has 2 amide bonds. The number of carbonyl (C=O) groups is 1. The lowest BCUT2D eigenvalue weighted by atomic mass is 10.0. The molecular weight excluding hydrogens is 320 g/mol. The third kappa shape index (κ3) is 5.14. The number of carbonyl (C=O) groups excluding carboxylic acids is 1. The van der Waals surface area contributed by atoms with Crippen LogP contribution in [-0.4, -0.2) is 36.6 Å². The Morgan fingerprint density at radius 2 is 2.00 bits per heavy atom. The van der Waals surface area contributed by atoms with E-state index in [0.29, 0.717) is 18.0 Å². The van der Waals surface area contributed by atoms with Crippen molar-refractivity contribution in [2.45, 2.75) is 32.9 Å². The van der Waals surface area contributed by atoms with Gasteiger partial charge in [0.25, 0.3) is 0 Å². The minimum Gasteiger partial charge on any atom is -0.493 e. The number of hydrogen-bond acceptors (Lipinski definition) is 4. The summed E-state index contributed by atoms with van der Waals surface area (Å²) in [5, 5.41) is 9.95. The molecule has 1 heterocycles. The zero-order valence-corrected chi connectivity index (χ0v) is 15.2. The largest absolute Gasteiger partial charge is 0.493 e. The van der Waals surface area contributed by atoms with Crippen LogP contribution in [0.5, 0.6) is 11.5 Å². The summed E-state index contributed by atoms with van der Waals surface area (Å²) in [5.41, 5.74) is 2.02. The van der Waals surface area contributed by atoms with Crippen LogP contribution >= 0.6 is 0 Å². The Labute approximate surface area is 148 Å². The number of aryl methyl sites for hydroxylation is 2. The van der Waals surface area contributed by atoms with Gasteiger partial charge in [-0.1, -0.05) is 0 Å². The molecule has 0 radical (unpaired) electrons. The summed E-state index contributed by atoms with van der Waals surface area (Å²) in [6.45, 7) is 5.29. The molecular formula is C18H26N4O3. The normalized spacial score (nSPS) is 11.7. The predicted octanol–water partition coefficient (Wildman–Crippen LogP) is 2.66. The quantitative estimate of drug-likeness (QED) is 0.721. The summed E-state index contributed by atoms with van der Waals surface area (Å²) in [6.07, 6.45) is 4.47. The van der Waals surface area contributed by atoms with Gasteiger partial charge in [-0.2, -0.15) is 5.10 Å². The van der Waals surface area contributed by atoms with Crippen LogP contribution < -0.4 is 20.1 Å². The average molecular weight is 346 g/mol. The van der Waals surface area contributed by atoms with Crippen LogP contribution in [-0.2, 0) is 6.54 Å². The number of benzene rings is 1. The summed E-state index contributed by atoms with van der Waals surface area (Å²) in [7, 11) is 3.21. The minimum atomic E-state index is -0.192. The lowest BCUT2D eigenvalue weighted by Crippen LogP contribution is -2.38. The minimum absolute atomic E-state index is 0.147. The van der Waals surface area contributed by atoms with E-state index in [-0.39, 0.29) is 12.1 Å². The molecule has 0 aliphatic carbocycles. The Bertz CT molecular complexity index is 686. The van der Waals surface area contributed by atoms with Gasteiger partial charge in [0.1, 0.15) is 0 Å². The van der Waals surface area contributed by atoms with Gasteiger partial charge in [-0.05, 0) is 49.6 Å². The number of rotatable bonds is 8. The molecule has 0 saturated heterocycles. The number of nitrogens with one attached hydrogen (secondary N) is 2. The topological polar surface area (TPSA) is 77.4 Å². The summed E-state index contributed by atoms with van der Waals surface area (Å²) >= 11 is 0. The molecule has 0 aliphatic rings. The second-order valence-corrected chi connectivity index (χ2v) is 5.81. The van der Waals surface area contributed by atoms with E-state index < -0.39 is 0 Å². The number of nitrogens with zero attached hydrogens (tertiary/aromatic N) is 2. The van der Waals surface area contributed by atoms with Gasteiger partial charge in [-0.3, -0.25) is 4.68 Å². The second kappa shape index (κ2) is 8.96. The molecule has 2 N–H and O–H groups in total. The molecule has 0 saturated carbocycles. The van der Waals surface area contributed by atoms with E-state index in [1.165, 1.54) is 0 Å². The van der Waals surface area contributed by atoms with Gasteiger partial charge in [0, 0.05) is 25.5 Å². The smallest absolute Gasteiger partial charge is 0.315 e. The van der Waals surface area contributed by atoms with E-state index >= 15 is 0 Å². The van der Waals surface area contributed by atoms with E-state index in [1.807, 2.05) is 42.9 Å². The number of aromatic nitrogens is 2. The Kier molecular flexibility index (Phi) is 6.68. The van der Waals surface area contributed by atoms with Crippen molar-refractivity contribution >= 4 is 6.03 Å². The van der Waals surface area contributed by atoms with E-state index in [2.05, 4.69) is 15.7 Å². The number of urea groups is 1. The van der Waals surface area contributed by atoms with Gasteiger partial charge >= 0.3 is 6.03 Å². The zero-order chi connectivity index (χ0) is 18.2. The summed E-state index contributed by atoms with van der Waals surface area (Å²) < 4.78 is 12.5. The fourth-order valence-corrected chi connectivity index (χ4v) is 2.66. The van der Waals surface area contributed by atoms with Crippen molar-refractivity contribution in [3.8, 4) is 11.5 Å². The first-order chi connectivity index (χ1) is 12.0. The summed E-state index contributed by atoms with van der Waals surface area (Å²) in [6, 6.07) is 5.35. The van der Waals surface area contributed by atoms with Crippen LogP contribution in [0.3, 0.4) is 0 Å². The van der Waals surface area contributed by atoms with Gasteiger partial charge in [-0.25, -0.2) is 4.79 Å². The Morgan fingerprint density at radius 3 is 2.64 bits per heavy atom. The molecule has 1 atom stereocenters. The zero-order valence-electron chi connectivity index (χ0n) is 15.2. The molecule has 0 aliphatic heterocycles. The van der Waals surface area contributed by atoms with E-state index in [1.54, 1.807) is 20.4 Å². The number of ether oxygens (including phenoxy) is 2. The molecule has 136 valence electrons. The van der Waals surface area contributed by atoms with Crippen molar-refractivity contribution < 1.29 is 14.3 Å². The maximum atomic E-state index is 12.1. The first-order valence-corrected chi connectivity index (χ1v) is 8.29. The first kappa shape index (κ1) is 18.6. The maximum Gasteiger partial charge on any atom is 0.315 e. The molecule has 25 heavy (non-hydrogen) atoms. The van der Waals surface area contributed by atoms with E-state index in [9.17, 15) is 4.79 Å². The fourth-order valence-electron chi connectivity index (χ4n) is 2.66. The van der Waals surface area contributed by atoms with Gasteiger partial charge < -0.3 is 20.1 Å². The van der Waals surface area contributed by atoms with E-state index in [0.717, 1.165) is 24.1 Å². The van der Waals surface area contributed by atoms with Crippen molar-refractivity contribution in [1.82, 2.24) is 20.4 Å². The predicted molar refractivity (Wildman–Crippen MR) is 96.1 cm³/mol. The molecule has 1 aromatic carbocycles. The standard InChI is InChI=1S/C18H26N4O3/c1-13-11-16(24-3)17(25-4)12-15(13)14(2)21-18(23)19-7-5-9-22-10-6-8-20-22/h6,8,10-12,14H,5,7,9H2,1-4H3,(H2,19,21,23). The van der Waals surface area contributed by atoms with E-state index in [4.69, 9.17) is 9.47 Å². The van der Waals surface area contributed by atoms with Crippen LogP contribution in [0.2, 0.25) is 0 Å². The van der Waals surface area contributed by atoms with Crippen LogP contribution in [0.15, 0.2) is 30.6 Å². The fraction of sp³-hybridized carbons (Fsp3) is 0.444. The molecule has 1 aromatic heterocycles. The lowest BCUT2D eigenvalue weighted by molar-refractivity contribution is 0.237. The van der Waals surface area contributed by atoms with Gasteiger partial charge in [0.05, 0.1) is 20.3 Å². The van der Waals surface area contributed by atoms with Crippen LogP contribution in [0.1, 0.15) is 30.5 Å². The summed E-state index contributed by atoms with van der Waals surface area (Å²) in [5.74, 6) is 1.33. The lowest BCUT2D eigenvalue weighted by Gasteiger charge is -2.19. The van der Waals surface area contributed by atoms with Crippen molar-refractivity contribution in [1.29, 1.82) is 0 Å². The van der Waals surface area contributed by atoms with Crippen molar-refractivity contribution in [3.63, 3.8) is 0 Å². The summed E-state index contributed by atoms with van der Waals surface area (Å²) in [4.78, 5) is 12.1. The number of amides is 2. The van der Waals surface area contributed by atoms with Crippen LogP contribution in [0.4, 0.5) is 4.79 Å². The van der Waals surface area contributed by atoms with Crippen LogP contribution in [0, 0.1) is 6.92 Å².